The number of aromatic nitrogens is 3. The molecule has 2 heterocycles. The summed E-state index contributed by atoms with van der Waals surface area (Å²) in [4.78, 5) is 4.34. The fraction of sp³-hybridized carbons (Fsp3) is 0.200. The minimum Gasteiger partial charge on any atom is -0.373 e. The Bertz CT molecular complexity index is 790. The van der Waals surface area contributed by atoms with Crippen LogP contribution in [0, 0.1) is 0 Å². The van der Waals surface area contributed by atoms with Crippen molar-refractivity contribution in [1.29, 1.82) is 0 Å². The fourth-order valence-corrected chi connectivity index (χ4v) is 2.30. The molecule has 4 nitrogen and oxygen atoms in total. The summed E-state index contributed by atoms with van der Waals surface area (Å²) in [6, 6.07) is 8.47. The first-order valence-corrected chi connectivity index (χ1v) is 7.10. The summed E-state index contributed by atoms with van der Waals surface area (Å²) in [5.74, 6) is 0.880. The molecule has 2 aromatic heterocycles. The Labute approximate surface area is 126 Å². The van der Waals surface area contributed by atoms with E-state index < -0.39 is 0 Å². The Morgan fingerprint density at radius 2 is 1.90 bits per heavy atom. The molecular formula is C15H18B2N4. The van der Waals surface area contributed by atoms with Crippen molar-refractivity contribution in [2.24, 2.45) is 0 Å². The third-order valence-corrected chi connectivity index (χ3v) is 3.58. The van der Waals surface area contributed by atoms with Gasteiger partial charge in [0.1, 0.15) is 21.5 Å². The lowest BCUT2D eigenvalue weighted by Crippen LogP contribution is -2.31. The number of nitrogens with one attached hydrogen (secondary N) is 1. The lowest BCUT2D eigenvalue weighted by molar-refractivity contribution is 0.572. The Kier molecular flexibility index (Phi) is 3.24. The van der Waals surface area contributed by atoms with E-state index in [0.717, 1.165) is 16.8 Å². The van der Waals surface area contributed by atoms with Crippen molar-refractivity contribution in [2.75, 3.05) is 12.4 Å². The van der Waals surface area contributed by atoms with E-state index in [2.05, 4.69) is 68.5 Å². The largest absolute Gasteiger partial charge is 0.373 e. The van der Waals surface area contributed by atoms with Crippen molar-refractivity contribution in [3.8, 4) is 11.1 Å². The summed E-state index contributed by atoms with van der Waals surface area (Å²) in [6.07, 6.45) is 5.91. The molecule has 0 unspecified atom stereocenters. The number of hydrogen-bond donors (Lipinski definition) is 1. The number of nitrogens with zero attached hydrogens (tertiary/aromatic N) is 3. The van der Waals surface area contributed by atoms with Crippen LogP contribution in [0.15, 0.2) is 42.9 Å². The van der Waals surface area contributed by atoms with Gasteiger partial charge in [-0.05, 0) is 28.4 Å². The second kappa shape index (κ2) is 4.95. The highest BCUT2D eigenvalue weighted by molar-refractivity contribution is 6.37. The topological polar surface area (TPSA) is 42.7 Å². The van der Waals surface area contributed by atoms with E-state index in [0.29, 0.717) is 0 Å². The molecule has 21 heavy (non-hydrogen) atoms. The quantitative estimate of drug-likeness (QED) is 0.727. The molecule has 1 aromatic carbocycles. The second-order valence-electron chi connectivity index (χ2n) is 6.23. The zero-order valence-corrected chi connectivity index (χ0v) is 12.9. The molecule has 0 aliphatic carbocycles. The minimum absolute atomic E-state index is 0.00167. The van der Waals surface area contributed by atoms with Gasteiger partial charge in [-0.2, -0.15) is 5.10 Å². The molecule has 0 saturated heterocycles. The standard InChI is InChI=1S/C15H18B2N4/c1-15(16,17)21-9-13(8-20-21)10-3-4-11-7-19-14(18-2)6-12(11)5-10/h3-9H,16-17H2,1-2H3,(H,18,19). The molecule has 0 spiro atoms. The molecule has 0 bridgehead atoms. The van der Waals surface area contributed by atoms with Gasteiger partial charge >= 0.3 is 0 Å². The van der Waals surface area contributed by atoms with Gasteiger partial charge in [0.15, 0.2) is 0 Å². The zero-order valence-electron chi connectivity index (χ0n) is 12.9. The average Bonchev–Trinajstić information content (AvgIpc) is 2.96. The van der Waals surface area contributed by atoms with E-state index in [-0.39, 0.29) is 5.34 Å². The Morgan fingerprint density at radius 1 is 1.10 bits per heavy atom. The van der Waals surface area contributed by atoms with E-state index in [9.17, 15) is 0 Å². The molecular weight excluding hydrogens is 258 g/mol. The lowest BCUT2D eigenvalue weighted by Gasteiger charge is -2.18. The van der Waals surface area contributed by atoms with Gasteiger partial charge in [0.25, 0.3) is 0 Å². The monoisotopic (exact) mass is 276 g/mol. The van der Waals surface area contributed by atoms with Crippen molar-refractivity contribution in [3.63, 3.8) is 0 Å². The summed E-state index contributed by atoms with van der Waals surface area (Å²) >= 11 is 0. The number of hydrogen-bond acceptors (Lipinski definition) is 3. The molecule has 0 saturated carbocycles. The smallest absolute Gasteiger partial charge is 0.126 e. The predicted octanol–water partition coefficient (Wildman–Crippen LogP) is 1.04. The number of fused-ring (bicyclic) bond motifs is 1. The summed E-state index contributed by atoms with van der Waals surface area (Å²) in [7, 11) is 6.18. The first kappa shape index (κ1) is 13.7. The summed E-state index contributed by atoms with van der Waals surface area (Å²) < 4.78 is 2.00. The van der Waals surface area contributed by atoms with Gasteiger partial charge in [-0.1, -0.05) is 19.1 Å². The molecule has 3 rings (SSSR count). The van der Waals surface area contributed by atoms with Crippen LogP contribution < -0.4 is 5.32 Å². The molecule has 1 N–H and O–H groups in total. The van der Waals surface area contributed by atoms with Gasteiger partial charge < -0.3 is 5.32 Å². The van der Waals surface area contributed by atoms with Gasteiger partial charge in [0.2, 0.25) is 0 Å². The van der Waals surface area contributed by atoms with Crippen LogP contribution in [0.3, 0.4) is 0 Å². The van der Waals surface area contributed by atoms with Crippen LogP contribution >= 0.6 is 0 Å². The highest BCUT2D eigenvalue weighted by atomic mass is 15.3. The van der Waals surface area contributed by atoms with Gasteiger partial charge in [0, 0.05) is 30.4 Å². The molecule has 0 atom stereocenters. The van der Waals surface area contributed by atoms with Gasteiger partial charge in [-0.15, -0.1) is 0 Å². The molecule has 104 valence electrons. The molecule has 3 aromatic rings. The molecule has 0 aliphatic rings. The minimum atomic E-state index is -0.00167. The molecule has 0 fully saturated rings. The molecule has 0 amide bonds. The van der Waals surface area contributed by atoms with Gasteiger partial charge in [-0.25, -0.2) is 4.98 Å². The highest BCUT2D eigenvalue weighted by Gasteiger charge is 2.14. The first-order valence-electron chi connectivity index (χ1n) is 7.10. The Hall–Kier alpha value is -2.23. The maximum atomic E-state index is 4.47. The third-order valence-electron chi connectivity index (χ3n) is 3.58. The molecule has 0 radical (unpaired) electrons. The van der Waals surface area contributed by atoms with Crippen molar-refractivity contribution in [2.45, 2.75) is 12.3 Å². The fourth-order valence-electron chi connectivity index (χ4n) is 2.30. The van der Waals surface area contributed by atoms with E-state index in [1.165, 1.54) is 10.9 Å². The Morgan fingerprint density at radius 3 is 2.57 bits per heavy atom. The highest BCUT2D eigenvalue weighted by Crippen LogP contribution is 2.25. The summed E-state index contributed by atoms with van der Waals surface area (Å²) in [5, 5.41) is 9.86. The number of benzene rings is 1. The van der Waals surface area contributed by atoms with Crippen molar-refractivity contribution >= 4 is 32.3 Å². The van der Waals surface area contributed by atoms with Gasteiger partial charge in [-0.3, -0.25) is 4.68 Å². The van der Waals surface area contributed by atoms with E-state index in [1.807, 2.05) is 24.1 Å². The number of rotatable bonds is 3. The SMILES string of the molecule is BC(B)(C)n1cc(-c2ccc3cnc(NC)cc3c2)cn1. The van der Waals surface area contributed by atoms with Crippen molar-refractivity contribution < 1.29 is 0 Å². The second-order valence-corrected chi connectivity index (χ2v) is 6.23. The Balaban J connectivity index is 2.06. The van der Waals surface area contributed by atoms with Crippen LogP contribution in [0.5, 0.6) is 0 Å². The summed E-state index contributed by atoms with van der Waals surface area (Å²) in [6.45, 7) is 2.15. The molecule has 6 heteroatoms. The van der Waals surface area contributed by atoms with Crippen LogP contribution in [0.2, 0.25) is 0 Å². The number of anilines is 1. The van der Waals surface area contributed by atoms with Crippen LogP contribution in [-0.4, -0.2) is 37.5 Å². The summed E-state index contributed by atoms with van der Waals surface area (Å²) in [5.41, 5.74) is 2.31. The average molecular weight is 276 g/mol. The normalized spacial score (nSPS) is 11.7. The maximum absolute atomic E-state index is 4.47. The van der Waals surface area contributed by atoms with Crippen molar-refractivity contribution in [3.05, 3.63) is 42.9 Å². The van der Waals surface area contributed by atoms with E-state index in [1.54, 1.807) is 0 Å². The van der Waals surface area contributed by atoms with Gasteiger partial charge in [0.05, 0.1) is 6.20 Å². The third kappa shape index (κ3) is 2.66. The van der Waals surface area contributed by atoms with E-state index >= 15 is 0 Å². The van der Waals surface area contributed by atoms with Crippen LogP contribution in [0.1, 0.15) is 6.92 Å². The predicted molar refractivity (Wildman–Crippen MR) is 93.2 cm³/mol. The van der Waals surface area contributed by atoms with Crippen LogP contribution in [-0.2, 0) is 5.34 Å². The maximum Gasteiger partial charge on any atom is 0.126 e. The lowest BCUT2D eigenvalue weighted by atomic mass is 9.64. The van der Waals surface area contributed by atoms with Crippen LogP contribution in [0.25, 0.3) is 21.9 Å². The number of pyridine rings is 1. The zero-order chi connectivity index (χ0) is 15.0. The van der Waals surface area contributed by atoms with E-state index in [4.69, 9.17) is 0 Å². The first-order chi connectivity index (χ1) is 9.97. The molecule has 0 aliphatic heterocycles. The van der Waals surface area contributed by atoms with Crippen LogP contribution in [0.4, 0.5) is 5.82 Å². The van der Waals surface area contributed by atoms with Crippen molar-refractivity contribution in [1.82, 2.24) is 14.8 Å².